The fraction of sp³-hybridized carbons (Fsp3) is 0.348. The molecule has 1 heterocycles. The number of ether oxygens (including phenoxy) is 2. The summed E-state index contributed by atoms with van der Waals surface area (Å²) in [4.78, 5) is 37.7. The maximum atomic E-state index is 12.1. The van der Waals surface area contributed by atoms with Crippen molar-refractivity contribution in [3.05, 3.63) is 60.2 Å². The van der Waals surface area contributed by atoms with Crippen molar-refractivity contribution in [2.45, 2.75) is 32.2 Å². The quantitative estimate of drug-likeness (QED) is 0.642. The summed E-state index contributed by atoms with van der Waals surface area (Å²) < 4.78 is 10.4. The van der Waals surface area contributed by atoms with Crippen LogP contribution in [0.2, 0.25) is 0 Å². The van der Waals surface area contributed by atoms with Crippen LogP contribution in [0.4, 0.5) is 5.69 Å². The molecule has 1 aliphatic rings. The smallest absolute Gasteiger partial charge is 0.308 e. The van der Waals surface area contributed by atoms with Crippen LogP contribution in [0.15, 0.2) is 54.6 Å². The first kappa shape index (κ1) is 21.4. The number of anilines is 1. The molecule has 0 radical (unpaired) electrons. The van der Waals surface area contributed by atoms with Gasteiger partial charge in [0, 0.05) is 12.6 Å². The summed E-state index contributed by atoms with van der Waals surface area (Å²) in [6.45, 7) is 1.70. The van der Waals surface area contributed by atoms with Gasteiger partial charge in [-0.3, -0.25) is 14.4 Å². The molecule has 7 nitrogen and oxygen atoms in total. The summed E-state index contributed by atoms with van der Waals surface area (Å²) in [6, 6.07) is 17.2. The Hall–Kier alpha value is -3.35. The third-order valence-corrected chi connectivity index (χ3v) is 4.83. The summed E-state index contributed by atoms with van der Waals surface area (Å²) in [5.41, 5.74) is 1.84. The van der Waals surface area contributed by atoms with Crippen LogP contribution in [0.1, 0.15) is 25.3 Å². The molecule has 0 saturated carbocycles. The Morgan fingerprint density at radius 3 is 2.67 bits per heavy atom. The highest BCUT2D eigenvalue weighted by Gasteiger charge is 2.25. The molecule has 0 aromatic heterocycles. The van der Waals surface area contributed by atoms with E-state index in [9.17, 15) is 14.4 Å². The third-order valence-electron chi connectivity index (χ3n) is 4.83. The maximum absolute atomic E-state index is 12.1. The second-order valence-corrected chi connectivity index (χ2v) is 7.21. The molecular weight excluding hydrogens is 384 g/mol. The first-order valence-corrected chi connectivity index (χ1v) is 10.0. The van der Waals surface area contributed by atoms with Gasteiger partial charge in [0.2, 0.25) is 0 Å². The monoisotopic (exact) mass is 410 g/mol. The number of carbonyl (C=O) groups excluding carboxylic acids is 3. The lowest BCUT2D eigenvalue weighted by Crippen LogP contribution is -2.40. The lowest BCUT2D eigenvalue weighted by Gasteiger charge is -2.28. The van der Waals surface area contributed by atoms with Crippen LogP contribution in [-0.2, 0) is 25.5 Å². The predicted molar refractivity (Wildman–Crippen MR) is 112 cm³/mol. The van der Waals surface area contributed by atoms with Gasteiger partial charge in [0.1, 0.15) is 5.75 Å². The zero-order valence-corrected chi connectivity index (χ0v) is 17.0. The van der Waals surface area contributed by atoms with Crippen molar-refractivity contribution < 1.29 is 23.9 Å². The largest absolute Gasteiger partial charge is 0.482 e. The van der Waals surface area contributed by atoms with Gasteiger partial charge in [-0.05, 0) is 37.5 Å². The molecule has 0 spiro atoms. The summed E-state index contributed by atoms with van der Waals surface area (Å²) in [7, 11) is 0. The van der Waals surface area contributed by atoms with E-state index in [1.165, 1.54) is 10.5 Å². The molecule has 0 aliphatic carbocycles. The number of fused-ring (bicyclic) bond motifs is 1. The van der Waals surface area contributed by atoms with E-state index in [-0.39, 0.29) is 44.0 Å². The van der Waals surface area contributed by atoms with Crippen molar-refractivity contribution in [2.75, 3.05) is 24.7 Å². The zero-order chi connectivity index (χ0) is 21.3. The molecule has 0 bridgehead atoms. The topological polar surface area (TPSA) is 84.9 Å². The second-order valence-electron chi connectivity index (χ2n) is 7.21. The average Bonchev–Trinajstić information content (AvgIpc) is 2.76. The Kier molecular flexibility index (Phi) is 7.43. The minimum absolute atomic E-state index is 0.00306. The van der Waals surface area contributed by atoms with E-state index in [1.807, 2.05) is 43.3 Å². The van der Waals surface area contributed by atoms with Crippen molar-refractivity contribution in [2.24, 2.45) is 0 Å². The Morgan fingerprint density at radius 2 is 1.87 bits per heavy atom. The van der Waals surface area contributed by atoms with Crippen LogP contribution in [0, 0.1) is 0 Å². The number of nitrogens with one attached hydrogen (secondary N) is 1. The molecule has 3 rings (SSSR count). The highest BCUT2D eigenvalue weighted by atomic mass is 16.5. The Balaban J connectivity index is 1.37. The van der Waals surface area contributed by atoms with Crippen molar-refractivity contribution in [3.8, 4) is 5.75 Å². The molecule has 1 atom stereocenters. The molecule has 1 aliphatic heterocycles. The molecule has 0 unspecified atom stereocenters. The minimum atomic E-state index is -0.529. The summed E-state index contributed by atoms with van der Waals surface area (Å²) >= 11 is 0. The fourth-order valence-electron chi connectivity index (χ4n) is 3.24. The third kappa shape index (κ3) is 6.07. The fourth-order valence-corrected chi connectivity index (χ4v) is 3.24. The number of rotatable bonds is 9. The number of hydrogen-bond acceptors (Lipinski definition) is 5. The number of aryl methyl sites for hydroxylation is 1. The number of nitrogens with zero attached hydrogens (tertiary/aromatic N) is 1. The van der Waals surface area contributed by atoms with Crippen molar-refractivity contribution >= 4 is 23.5 Å². The number of amides is 2. The van der Waals surface area contributed by atoms with Gasteiger partial charge in [0.05, 0.1) is 12.1 Å². The second kappa shape index (κ2) is 10.4. The first-order chi connectivity index (χ1) is 14.5. The van der Waals surface area contributed by atoms with Crippen LogP contribution in [0.25, 0.3) is 0 Å². The van der Waals surface area contributed by atoms with Gasteiger partial charge in [-0.2, -0.15) is 0 Å². The van der Waals surface area contributed by atoms with E-state index in [2.05, 4.69) is 5.32 Å². The Bertz CT molecular complexity index is 884. The Labute approximate surface area is 176 Å². The van der Waals surface area contributed by atoms with Gasteiger partial charge in [-0.1, -0.05) is 42.5 Å². The van der Waals surface area contributed by atoms with Gasteiger partial charge < -0.3 is 19.7 Å². The number of hydrogen-bond donors (Lipinski definition) is 1. The SMILES string of the molecule is C[C@H](CCc1ccccc1)NC(=O)COC(=O)CCN1C(=O)COc2ccccc21. The summed E-state index contributed by atoms with van der Waals surface area (Å²) in [6.07, 6.45) is 1.65. The molecule has 0 fully saturated rings. The highest BCUT2D eigenvalue weighted by molar-refractivity contribution is 5.98. The number of benzene rings is 2. The van der Waals surface area contributed by atoms with Crippen LogP contribution < -0.4 is 15.0 Å². The van der Waals surface area contributed by atoms with Gasteiger partial charge in [0.15, 0.2) is 13.2 Å². The molecule has 0 saturated heterocycles. The van der Waals surface area contributed by atoms with Crippen LogP contribution >= 0.6 is 0 Å². The predicted octanol–water partition coefficient (Wildman–Crippen LogP) is 2.48. The van der Waals surface area contributed by atoms with Crippen molar-refractivity contribution in [1.82, 2.24) is 5.32 Å². The van der Waals surface area contributed by atoms with E-state index in [4.69, 9.17) is 9.47 Å². The maximum Gasteiger partial charge on any atom is 0.308 e. The average molecular weight is 410 g/mol. The van der Waals surface area contributed by atoms with E-state index in [0.717, 1.165) is 12.8 Å². The standard InChI is InChI=1S/C23H26N2O5/c1-17(11-12-18-7-3-2-4-8-18)24-21(26)15-30-23(28)13-14-25-19-9-5-6-10-20(19)29-16-22(25)27/h2-10,17H,11-16H2,1H3,(H,24,26)/t17-/m1/s1. The molecule has 2 aromatic rings. The van der Waals surface area contributed by atoms with Crippen LogP contribution in [-0.4, -0.2) is 43.6 Å². The van der Waals surface area contributed by atoms with Crippen LogP contribution in [0.3, 0.4) is 0 Å². The van der Waals surface area contributed by atoms with Gasteiger partial charge in [-0.15, -0.1) is 0 Å². The van der Waals surface area contributed by atoms with Gasteiger partial charge in [0.25, 0.3) is 11.8 Å². The van der Waals surface area contributed by atoms with Crippen LogP contribution in [0.5, 0.6) is 5.75 Å². The molecule has 7 heteroatoms. The van der Waals surface area contributed by atoms with Crippen molar-refractivity contribution in [3.63, 3.8) is 0 Å². The number of para-hydroxylation sites is 2. The lowest BCUT2D eigenvalue weighted by atomic mass is 10.1. The van der Waals surface area contributed by atoms with E-state index in [0.29, 0.717) is 11.4 Å². The van der Waals surface area contributed by atoms with Gasteiger partial charge in [-0.25, -0.2) is 0 Å². The Morgan fingerprint density at radius 1 is 1.13 bits per heavy atom. The molecular formula is C23H26N2O5. The molecule has 30 heavy (non-hydrogen) atoms. The van der Waals surface area contributed by atoms with E-state index >= 15 is 0 Å². The first-order valence-electron chi connectivity index (χ1n) is 10.0. The summed E-state index contributed by atoms with van der Waals surface area (Å²) in [5.74, 6) is -0.476. The molecule has 2 amide bonds. The van der Waals surface area contributed by atoms with Gasteiger partial charge >= 0.3 is 5.97 Å². The molecule has 1 N–H and O–H groups in total. The minimum Gasteiger partial charge on any atom is -0.482 e. The number of esters is 1. The molecule has 158 valence electrons. The van der Waals surface area contributed by atoms with E-state index in [1.54, 1.807) is 18.2 Å². The van der Waals surface area contributed by atoms with E-state index < -0.39 is 5.97 Å². The summed E-state index contributed by atoms with van der Waals surface area (Å²) in [5, 5.41) is 2.83. The molecule has 2 aromatic carbocycles. The van der Waals surface area contributed by atoms with Crippen molar-refractivity contribution in [1.29, 1.82) is 0 Å². The zero-order valence-electron chi connectivity index (χ0n) is 17.0. The lowest BCUT2D eigenvalue weighted by molar-refractivity contribution is -0.148. The highest BCUT2D eigenvalue weighted by Crippen LogP contribution is 2.31. The normalized spacial score (nSPS) is 13.8. The number of carbonyl (C=O) groups is 3.